The van der Waals surface area contributed by atoms with E-state index in [4.69, 9.17) is 39.9 Å². The van der Waals surface area contributed by atoms with Crippen LogP contribution in [0.3, 0.4) is 0 Å². The Bertz CT molecular complexity index is 4440. The van der Waals surface area contributed by atoms with Crippen molar-refractivity contribution in [2.75, 3.05) is 68.6 Å². The van der Waals surface area contributed by atoms with E-state index >= 15 is 0 Å². The first-order chi connectivity index (χ1) is 41.9. The summed E-state index contributed by atoms with van der Waals surface area (Å²) in [5, 5.41) is 22.3. The minimum absolute atomic E-state index is 0.0286. The molecule has 0 amide bonds. The second-order valence-corrected chi connectivity index (χ2v) is 20.2. The first-order valence-corrected chi connectivity index (χ1v) is 27.4. The SMILES string of the molecule is COCCOc1ccc(N2CCN(Cc3cccc(-c4cc5nc(-c6ccco6)nn5c(N)n4)c3)CC2)c(F)c1.Cc1cc(C)cc(-c2cc3nc(-c4ccco4)nn3c(N)n2)c1.Nc1nc(-c2cccc(CO)c2)cc2nc(-c3ccco3)nn12. The lowest BCUT2D eigenvalue weighted by atomic mass is 10.0. The van der Waals surface area contributed by atoms with Crippen molar-refractivity contribution in [2.45, 2.75) is 27.0 Å². The number of aliphatic hydroxyl groups is 1. The zero-order chi connectivity index (χ0) is 59.3. The second kappa shape index (κ2) is 24.6. The number of aromatic nitrogens is 12. The third-order valence-corrected chi connectivity index (χ3v) is 14.0. The number of fused-ring (bicyclic) bond motifs is 3. The van der Waals surface area contributed by atoms with Gasteiger partial charge in [-0.25, -0.2) is 34.3 Å². The highest BCUT2D eigenvalue weighted by atomic mass is 19.1. The third kappa shape index (κ3) is 12.3. The molecule has 0 radical (unpaired) electrons. The Hall–Kier alpha value is -10.8. The molecule has 0 saturated carbocycles. The average molecular weight is 1160 g/mol. The normalized spacial score (nSPS) is 12.6. The molecule has 1 aliphatic heterocycles. The lowest BCUT2D eigenvalue weighted by Crippen LogP contribution is -2.46. The number of ether oxygens (including phenoxy) is 2. The van der Waals surface area contributed by atoms with Crippen LogP contribution in [0, 0.1) is 19.7 Å². The summed E-state index contributed by atoms with van der Waals surface area (Å²) in [6.07, 6.45) is 4.73. The van der Waals surface area contributed by atoms with Gasteiger partial charge in [0, 0.05) is 80.8 Å². The summed E-state index contributed by atoms with van der Waals surface area (Å²) in [7, 11) is 1.61. The number of hydrogen-bond donors (Lipinski definition) is 4. The summed E-state index contributed by atoms with van der Waals surface area (Å²) < 4.78 is 45.9. The first-order valence-electron chi connectivity index (χ1n) is 27.4. The number of nitrogens with two attached hydrogens (primary N) is 3. The Morgan fingerprint density at radius 3 is 1.44 bits per heavy atom. The number of nitrogens with zero attached hydrogens (tertiary/aromatic N) is 14. The molecule has 0 spiro atoms. The highest BCUT2D eigenvalue weighted by Crippen LogP contribution is 2.30. The molecule has 4 aromatic carbocycles. The molecule has 434 valence electrons. The molecule has 9 aromatic heterocycles. The molecular weight excluding hydrogens is 1100 g/mol. The van der Waals surface area contributed by atoms with Crippen LogP contribution in [-0.2, 0) is 17.9 Å². The highest BCUT2D eigenvalue weighted by molar-refractivity contribution is 5.70. The van der Waals surface area contributed by atoms with E-state index in [1.807, 2.05) is 54.6 Å². The number of nitrogen functional groups attached to an aromatic ring is 3. The number of anilines is 4. The van der Waals surface area contributed by atoms with Crippen molar-refractivity contribution in [3.8, 4) is 74.3 Å². The minimum atomic E-state index is -0.274. The van der Waals surface area contributed by atoms with Gasteiger partial charge in [0.25, 0.3) is 0 Å². The molecule has 0 unspecified atom stereocenters. The summed E-state index contributed by atoms with van der Waals surface area (Å²) in [4.78, 5) is 31.3. The Morgan fingerprint density at radius 2 is 0.988 bits per heavy atom. The predicted octanol–water partition coefficient (Wildman–Crippen LogP) is 9.50. The number of halogens is 1. The van der Waals surface area contributed by atoms with Crippen molar-refractivity contribution in [1.82, 2.24) is 63.6 Å². The minimum Gasteiger partial charge on any atom is -0.491 e. The maximum Gasteiger partial charge on any atom is 0.223 e. The number of methoxy groups -OCH3 is 1. The van der Waals surface area contributed by atoms with Crippen LogP contribution in [0.4, 0.5) is 27.9 Å². The van der Waals surface area contributed by atoms with Gasteiger partial charge in [-0.05, 0) is 97.8 Å². The molecule has 0 aliphatic carbocycles. The molecule has 7 N–H and O–H groups in total. The zero-order valence-electron chi connectivity index (χ0n) is 47.0. The van der Waals surface area contributed by atoms with E-state index in [2.05, 4.69) is 99.2 Å². The van der Waals surface area contributed by atoms with Crippen LogP contribution in [0.25, 0.3) is 85.5 Å². The molecule has 1 fully saturated rings. The van der Waals surface area contributed by atoms with Gasteiger partial charge in [0.05, 0.1) is 54.8 Å². The average Bonchev–Trinajstić information content (AvgIpc) is 2.21. The molecule has 13 aromatic rings. The van der Waals surface area contributed by atoms with Crippen molar-refractivity contribution in [1.29, 1.82) is 0 Å². The van der Waals surface area contributed by atoms with Crippen molar-refractivity contribution < 1.29 is 32.2 Å². The number of furan rings is 3. The monoisotopic (exact) mass is 1160 g/mol. The fourth-order valence-corrected chi connectivity index (χ4v) is 9.97. The van der Waals surface area contributed by atoms with E-state index in [0.717, 1.165) is 71.9 Å². The largest absolute Gasteiger partial charge is 0.491 e. The molecule has 86 heavy (non-hydrogen) atoms. The molecule has 0 bridgehead atoms. The van der Waals surface area contributed by atoms with Crippen LogP contribution in [0.5, 0.6) is 5.75 Å². The van der Waals surface area contributed by atoms with Crippen LogP contribution in [0.2, 0.25) is 0 Å². The Balaban J connectivity index is 0.000000135. The van der Waals surface area contributed by atoms with Gasteiger partial charge in [0.15, 0.2) is 34.2 Å². The number of aryl methyl sites for hydroxylation is 2. The Morgan fingerprint density at radius 1 is 0.512 bits per heavy atom. The van der Waals surface area contributed by atoms with Gasteiger partial charge < -0.3 is 49.9 Å². The van der Waals surface area contributed by atoms with E-state index < -0.39 is 0 Å². The van der Waals surface area contributed by atoms with Gasteiger partial charge in [0.2, 0.25) is 35.3 Å². The fraction of sp³-hybridized carbons (Fsp3) is 0.177. The number of hydrogen-bond acceptors (Lipinski definition) is 20. The molecule has 1 aliphatic rings. The van der Waals surface area contributed by atoms with Gasteiger partial charge >= 0.3 is 0 Å². The summed E-state index contributed by atoms with van der Waals surface area (Å²) in [6, 6.07) is 43.3. The van der Waals surface area contributed by atoms with Crippen LogP contribution in [-0.4, -0.2) is 115 Å². The lowest BCUT2D eigenvalue weighted by molar-refractivity contribution is 0.146. The van der Waals surface area contributed by atoms with E-state index in [9.17, 15) is 9.50 Å². The maximum absolute atomic E-state index is 14.8. The summed E-state index contributed by atoms with van der Waals surface area (Å²) in [5.74, 6) is 4.13. The van der Waals surface area contributed by atoms with Gasteiger partial charge in [-0.1, -0.05) is 53.6 Å². The van der Waals surface area contributed by atoms with E-state index in [1.54, 1.807) is 74.4 Å². The molecule has 0 atom stereocenters. The highest BCUT2D eigenvalue weighted by Gasteiger charge is 2.22. The quantitative estimate of drug-likeness (QED) is 0.0737. The zero-order valence-corrected chi connectivity index (χ0v) is 47.0. The van der Waals surface area contributed by atoms with Gasteiger partial charge in [0.1, 0.15) is 18.2 Å². The smallest absolute Gasteiger partial charge is 0.223 e. The van der Waals surface area contributed by atoms with Gasteiger partial charge in [-0.2, -0.15) is 13.5 Å². The van der Waals surface area contributed by atoms with E-state index in [-0.39, 0.29) is 24.3 Å². The third-order valence-electron chi connectivity index (χ3n) is 14.0. The van der Waals surface area contributed by atoms with Crippen LogP contribution < -0.4 is 26.8 Å². The van der Waals surface area contributed by atoms with Crippen LogP contribution in [0.1, 0.15) is 22.3 Å². The molecule has 10 heterocycles. The standard InChI is InChI=1S/C29H30FN7O3.C17H15N5O.C16H13N5O2/c1-38-14-15-39-22-7-8-25(23(30)17-22)36-11-9-35(10-12-36)19-20-4-2-5-21(16-20)24-18-27-33-28(26-6-3-13-40-26)34-37(27)29(31)32-24;1-10-6-11(2)8-12(7-10)13-9-15-20-16(14-4-3-5-23-14)21-22(15)17(18)19-13;17-16-18-12(11-4-1-3-10(7-11)9-22)8-14-19-15(20-21(14)16)13-5-2-6-23-13/h2-8,13,16-18H,9-12,14-15,19H2,1H3,(H2,31,32);3-9H,1-2H3,(H2,18,19);1-8,22H,9H2,(H2,17,18). The number of piperazine rings is 1. The second-order valence-electron chi connectivity index (χ2n) is 20.2. The summed E-state index contributed by atoms with van der Waals surface area (Å²) >= 11 is 0. The predicted molar refractivity (Wildman–Crippen MR) is 322 cm³/mol. The van der Waals surface area contributed by atoms with Crippen molar-refractivity contribution in [3.05, 3.63) is 186 Å². The number of aliphatic hydroxyl groups excluding tert-OH is 1. The van der Waals surface area contributed by atoms with Crippen LogP contribution >= 0.6 is 0 Å². The molecule has 24 heteroatoms. The van der Waals surface area contributed by atoms with Gasteiger partial charge in [-0.15, -0.1) is 15.3 Å². The lowest BCUT2D eigenvalue weighted by Gasteiger charge is -2.36. The number of benzene rings is 4. The van der Waals surface area contributed by atoms with Crippen molar-refractivity contribution >= 4 is 40.5 Å². The molecule has 14 rings (SSSR count). The summed E-state index contributed by atoms with van der Waals surface area (Å²) in [5.41, 5.74) is 30.0. The van der Waals surface area contributed by atoms with Crippen LogP contribution in [0.15, 0.2) is 172 Å². The van der Waals surface area contributed by atoms with Crippen molar-refractivity contribution in [2.24, 2.45) is 0 Å². The summed E-state index contributed by atoms with van der Waals surface area (Å²) in [6.45, 7) is 8.84. The molecule has 1 saturated heterocycles. The van der Waals surface area contributed by atoms with E-state index in [1.165, 1.54) is 30.7 Å². The first kappa shape index (κ1) is 55.7. The Labute approximate surface area is 490 Å². The van der Waals surface area contributed by atoms with E-state index in [0.29, 0.717) is 88.0 Å². The fourth-order valence-electron chi connectivity index (χ4n) is 9.97. The molecular formula is C62H58FN17O6. The maximum atomic E-state index is 14.8. The van der Waals surface area contributed by atoms with Gasteiger partial charge in [-0.3, -0.25) is 4.90 Å². The van der Waals surface area contributed by atoms with Crippen molar-refractivity contribution in [3.63, 3.8) is 0 Å². The number of rotatable bonds is 14. The topological polar surface area (TPSA) is 292 Å². The molecule has 23 nitrogen and oxygen atoms in total. The Kier molecular flexibility index (Phi) is 15.9.